The van der Waals surface area contributed by atoms with Crippen molar-refractivity contribution in [2.24, 2.45) is 5.92 Å². The van der Waals surface area contributed by atoms with Gasteiger partial charge in [0.1, 0.15) is 5.75 Å². The van der Waals surface area contributed by atoms with Crippen LogP contribution in [0.5, 0.6) is 5.75 Å². The van der Waals surface area contributed by atoms with E-state index in [4.69, 9.17) is 4.74 Å². The zero-order valence-electron chi connectivity index (χ0n) is 11.8. The first-order valence-electron chi connectivity index (χ1n) is 7.17. The van der Waals surface area contributed by atoms with Crippen molar-refractivity contribution in [1.29, 1.82) is 0 Å². The third-order valence-electron chi connectivity index (χ3n) is 5.12. The summed E-state index contributed by atoms with van der Waals surface area (Å²) in [5.41, 5.74) is 4.21. The Morgan fingerprint density at radius 2 is 2.26 bits per heavy atom. The van der Waals surface area contributed by atoms with Crippen molar-refractivity contribution < 1.29 is 9.84 Å². The number of aliphatic hydroxyl groups excluding tert-OH is 1. The molecule has 2 aliphatic rings. The highest BCUT2D eigenvalue weighted by Crippen LogP contribution is 2.51. The van der Waals surface area contributed by atoms with Crippen LogP contribution in [-0.2, 0) is 11.8 Å². The molecule has 2 aliphatic carbocycles. The highest BCUT2D eigenvalue weighted by atomic mass is 16.5. The Hall–Kier alpha value is -1.28. The van der Waals surface area contributed by atoms with E-state index in [1.165, 1.54) is 23.1 Å². The minimum absolute atomic E-state index is 0.162. The lowest BCUT2D eigenvalue weighted by Crippen LogP contribution is -2.40. The molecule has 0 radical (unpaired) electrons. The first kappa shape index (κ1) is 12.7. The van der Waals surface area contributed by atoms with Crippen molar-refractivity contribution in [2.45, 2.75) is 38.0 Å². The molecule has 0 bridgehead atoms. The normalized spacial score (nSPS) is 29.2. The van der Waals surface area contributed by atoms with Gasteiger partial charge in [0.15, 0.2) is 0 Å². The summed E-state index contributed by atoms with van der Waals surface area (Å²) in [7, 11) is 1.75. The lowest BCUT2D eigenvalue weighted by atomic mass is 9.58. The van der Waals surface area contributed by atoms with Crippen LogP contribution in [0.25, 0.3) is 0 Å². The molecule has 19 heavy (non-hydrogen) atoms. The fraction of sp³-hybridized carbons (Fsp3) is 0.529. The van der Waals surface area contributed by atoms with Crippen molar-refractivity contribution in [3.8, 4) is 5.75 Å². The lowest BCUT2D eigenvalue weighted by molar-refractivity contribution is 0.221. The summed E-state index contributed by atoms with van der Waals surface area (Å²) in [5.74, 6) is 1.52. The molecule has 0 fully saturated rings. The summed E-state index contributed by atoms with van der Waals surface area (Å²) in [6.45, 7) is 2.57. The first-order valence-corrected chi connectivity index (χ1v) is 7.17. The highest BCUT2D eigenvalue weighted by molar-refractivity contribution is 5.48. The van der Waals surface area contributed by atoms with Crippen LogP contribution in [0.15, 0.2) is 29.8 Å². The molecule has 0 unspecified atom stereocenters. The van der Waals surface area contributed by atoms with Gasteiger partial charge in [-0.1, -0.05) is 25.1 Å². The molecule has 2 atom stereocenters. The molecule has 0 amide bonds. The number of aliphatic hydroxyl groups is 1. The number of allylic oxidation sites excluding steroid dienone is 1. The topological polar surface area (TPSA) is 29.5 Å². The van der Waals surface area contributed by atoms with Crippen LogP contribution in [-0.4, -0.2) is 18.8 Å². The van der Waals surface area contributed by atoms with E-state index in [-0.39, 0.29) is 12.0 Å². The van der Waals surface area contributed by atoms with Gasteiger partial charge in [0.2, 0.25) is 0 Å². The van der Waals surface area contributed by atoms with E-state index in [0.29, 0.717) is 5.92 Å². The molecule has 1 aromatic rings. The van der Waals surface area contributed by atoms with Crippen LogP contribution in [0.4, 0.5) is 0 Å². The summed E-state index contributed by atoms with van der Waals surface area (Å²) in [6, 6.07) is 6.42. The fourth-order valence-electron chi connectivity index (χ4n) is 4.12. The van der Waals surface area contributed by atoms with Crippen LogP contribution in [0.3, 0.4) is 0 Å². The Bertz CT molecular complexity index is 518. The molecule has 2 heteroatoms. The van der Waals surface area contributed by atoms with Crippen LogP contribution in [0.2, 0.25) is 0 Å². The SMILES string of the molecule is COc1cccc2c1CC[C@H]1C(CO)=CCC[C@]21C. The Balaban J connectivity index is 2.11. The fourth-order valence-corrected chi connectivity index (χ4v) is 4.12. The van der Waals surface area contributed by atoms with Gasteiger partial charge < -0.3 is 9.84 Å². The van der Waals surface area contributed by atoms with Gasteiger partial charge in [0.25, 0.3) is 0 Å². The molecular weight excluding hydrogens is 236 g/mol. The van der Waals surface area contributed by atoms with Gasteiger partial charge in [-0.3, -0.25) is 0 Å². The molecule has 0 heterocycles. The van der Waals surface area contributed by atoms with Crippen molar-refractivity contribution in [3.05, 3.63) is 41.0 Å². The molecule has 102 valence electrons. The summed E-state index contributed by atoms with van der Waals surface area (Å²) in [4.78, 5) is 0. The van der Waals surface area contributed by atoms with Gasteiger partial charge in [-0.15, -0.1) is 0 Å². The number of ether oxygens (including phenoxy) is 1. The Kier molecular flexibility index (Phi) is 3.14. The second-order valence-electron chi connectivity index (χ2n) is 5.97. The maximum absolute atomic E-state index is 9.60. The number of rotatable bonds is 2. The van der Waals surface area contributed by atoms with E-state index in [1.807, 2.05) is 0 Å². The molecule has 0 saturated heterocycles. The molecule has 1 aromatic carbocycles. The molecule has 2 nitrogen and oxygen atoms in total. The van der Waals surface area contributed by atoms with Gasteiger partial charge >= 0.3 is 0 Å². The van der Waals surface area contributed by atoms with E-state index in [2.05, 4.69) is 31.2 Å². The minimum Gasteiger partial charge on any atom is -0.496 e. The summed E-state index contributed by atoms with van der Waals surface area (Å²) < 4.78 is 5.53. The second kappa shape index (κ2) is 4.68. The predicted molar refractivity (Wildman–Crippen MR) is 76.6 cm³/mol. The maximum atomic E-state index is 9.60. The van der Waals surface area contributed by atoms with Crippen LogP contribution >= 0.6 is 0 Å². The lowest BCUT2D eigenvalue weighted by Gasteiger charge is -2.46. The number of hydrogen-bond donors (Lipinski definition) is 1. The number of hydrogen-bond acceptors (Lipinski definition) is 2. The Labute approximate surface area is 115 Å². The van der Waals surface area contributed by atoms with Crippen LogP contribution in [0, 0.1) is 5.92 Å². The number of methoxy groups -OCH3 is 1. The van der Waals surface area contributed by atoms with Gasteiger partial charge in [0.05, 0.1) is 13.7 Å². The largest absolute Gasteiger partial charge is 0.496 e. The molecule has 0 saturated carbocycles. The Morgan fingerprint density at radius 3 is 3.00 bits per heavy atom. The van der Waals surface area contributed by atoms with Crippen LogP contribution < -0.4 is 4.74 Å². The van der Waals surface area contributed by atoms with Gasteiger partial charge in [0, 0.05) is 0 Å². The van der Waals surface area contributed by atoms with Gasteiger partial charge in [-0.05, 0) is 59.8 Å². The average Bonchev–Trinajstić information content (AvgIpc) is 2.45. The highest BCUT2D eigenvalue weighted by Gasteiger charge is 2.43. The molecule has 1 N–H and O–H groups in total. The zero-order chi connectivity index (χ0) is 13.5. The maximum Gasteiger partial charge on any atom is 0.122 e. The third kappa shape index (κ3) is 1.81. The minimum atomic E-state index is 0.162. The molecule has 0 aromatic heterocycles. The summed E-state index contributed by atoms with van der Waals surface area (Å²) in [5, 5.41) is 9.60. The summed E-state index contributed by atoms with van der Waals surface area (Å²) >= 11 is 0. The molecule has 0 spiro atoms. The number of fused-ring (bicyclic) bond motifs is 3. The zero-order valence-corrected chi connectivity index (χ0v) is 11.8. The van der Waals surface area contributed by atoms with Crippen molar-refractivity contribution >= 4 is 0 Å². The first-order chi connectivity index (χ1) is 9.20. The van der Waals surface area contributed by atoms with Crippen LogP contribution in [0.1, 0.15) is 37.3 Å². The quantitative estimate of drug-likeness (QED) is 0.825. The molecular formula is C17H22O2. The number of benzene rings is 1. The Morgan fingerprint density at radius 1 is 1.42 bits per heavy atom. The monoisotopic (exact) mass is 258 g/mol. The van der Waals surface area contributed by atoms with Gasteiger partial charge in [-0.2, -0.15) is 0 Å². The van der Waals surface area contributed by atoms with Crippen molar-refractivity contribution in [1.82, 2.24) is 0 Å². The second-order valence-corrected chi connectivity index (χ2v) is 5.97. The molecule has 0 aliphatic heterocycles. The van der Waals surface area contributed by atoms with Crippen molar-refractivity contribution in [3.63, 3.8) is 0 Å². The predicted octanol–water partition coefficient (Wildman–Crippen LogP) is 3.23. The van der Waals surface area contributed by atoms with Crippen molar-refractivity contribution in [2.75, 3.05) is 13.7 Å². The van der Waals surface area contributed by atoms with Gasteiger partial charge in [-0.25, -0.2) is 0 Å². The smallest absolute Gasteiger partial charge is 0.122 e. The van der Waals surface area contributed by atoms with E-state index >= 15 is 0 Å². The molecule has 3 rings (SSSR count). The van der Waals surface area contributed by atoms with E-state index < -0.39 is 0 Å². The van der Waals surface area contributed by atoms with E-state index in [1.54, 1.807) is 7.11 Å². The summed E-state index contributed by atoms with van der Waals surface area (Å²) in [6.07, 6.45) is 6.66. The standard InChI is InChI=1S/C17H22O2/c1-17-10-4-5-12(11-18)14(17)9-8-13-15(17)6-3-7-16(13)19-2/h3,5-7,14,18H,4,8-11H2,1-2H3/t14-,17-/m0/s1. The van der Waals surface area contributed by atoms with E-state index in [9.17, 15) is 5.11 Å². The third-order valence-corrected chi connectivity index (χ3v) is 5.12. The average molecular weight is 258 g/mol. The van der Waals surface area contributed by atoms with E-state index in [0.717, 1.165) is 25.0 Å².